The molecule has 2 aromatic carbocycles. The second-order valence-corrected chi connectivity index (χ2v) is 12.4. The molecule has 2 aliphatic carbocycles. The van der Waals surface area contributed by atoms with E-state index in [9.17, 15) is 23.6 Å². The van der Waals surface area contributed by atoms with Crippen LogP contribution in [0.25, 0.3) is 0 Å². The van der Waals surface area contributed by atoms with Gasteiger partial charge in [0.05, 0.1) is 22.4 Å². The lowest BCUT2D eigenvalue weighted by Crippen LogP contribution is -2.58. The average molecular weight is 675 g/mol. The maximum absolute atomic E-state index is 14.0. The Morgan fingerprint density at radius 1 is 1.00 bits per heavy atom. The Kier molecular flexibility index (Phi) is 7.53. The molecule has 194 valence electrons. The van der Waals surface area contributed by atoms with Crippen LogP contribution in [0.5, 0.6) is 0 Å². The van der Waals surface area contributed by atoms with Gasteiger partial charge in [0.1, 0.15) is 11.9 Å². The first-order valence-corrected chi connectivity index (χ1v) is 14.5. The van der Waals surface area contributed by atoms with Crippen LogP contribution in [-0.4, -0.2) is 55.1 Å². The molecule has 1 aliphatic heterocycles. The Morgan fingerprint density at radius 3 is 2.11 bits per heavy atom. The van der Waals surface area contributed by atoms with Crippen molar-refractivity contribution in [1.82, 2.24) is 10.0 Å². The first-order valence-electron chi connectivity index (χ1n) is 11.8. The quantitative estimate of drug-likeness (QED) is 0.221. The first-order chi connectivity index (χ1) is 17.7. The van der Waals surface area contributed by atoms with E-state index >= 15 is 0 Å². The number of hydrazine groups is 1. The van der Waals surface area contributed by atoms with Crippen molar-refractivity contribution in [3.8, 4) is 0 Å². The van der Waals surface area contributed by atoms with Gasteiger partial charge in [-0.1, -0.05) is 55.6 Å². The zero-order valence-corrected chi connectivity index (χ0v) is 23.9. The fraction of sp³-hybridized carbons (Fsp3) is 0.385. The summed E-state index contributed by atoms with van der Waals surface area (Å²) in [5.74, 6) is -4.31. The van der Waals surface area contributed by atoms with Gasteiger partial charge in [0.15, 0.2) is 5.78 Å². The van der Waals surface area contributed by atoms with Crippen molar-refractivity contribution in [3.05, 3.63) is 70.5 Å². The number of halogens is 5. The third-order valence-electron chi connectivity index (χ3n) is 7.60. The van der Waals surface area contributed by atoms with Gasteiger partial charge in [-0.15, -0.1) is 11.6 Å². The maximum atomic E-state index is 14.0. The highest BCUT2D eigenvalue weighted by molar-refractivity contribution is 9.12. The Morgan fingerprint density at radius 2 is 1.57 bits per heavy atom. The number of nitrogens with zero attached hydrogens (tertiary/aromatic N) is 2. The van der Waals surface area contributed by atoms with Crippen molar-refractivity contribution in [3.63, 3.8) is 0 Å². The van der Waals surface area contributed by atoms with Gasteiger partial charge in [0, 0.05) is 21.1 Å². The van der Waals surface area contributed by atoms with Crippen LogP contribution in [-0.2, 0) is 9.59 Å². The minimum absolute atomic E-state index is 0.00246. The predicted octanol–water partition coefficient (Wildman–Crippen LogP) is 5.49. The second kappa shape index (κ2) is 10.4. The smallest absolute Gasteiger partial charge is 0.275 e. The highest BCUT2D eigenvalue weighted by Gasteiger charge is 2.68. The lowest BCUT2D eigenvalue weighted by molar-refractivity contribution is -0.157. The number of benzene rings is 2. The average Bonchev–Trinajstić information content (AvgIpc) is 3.49. The van der Waals surface area contributed by atoms with E-state index in [0.717, 1.165) is 22.2 Å². The molecule has 0 spiro atoms. The molecule has 1 heterocycles. The number of amides is 3. The third kappa shape index (κ3) is 4.36. The fourth-order valence-corrected chi connectivity index (χ4v) is 8.25. The van der Waals surface area contributed by atoms with E-state index in [1.54, 1.807) is 12.1 Å². The number of carbonyl (C=O) groups is 4. The van der Waals surface area contributed by atoms with Gasteiger partial charge in [-0.2, -0.15) is 5.01 Å². The van der Waals surface area contributed by atoms with Crippen LogP contribution >= 0.6 is 55.1 Å². The molecule has 2 aromatic rings. The molecule has 1 saturated heterocycles. The molecule has 3 fully saturated rings. The minimum atomic E-state index is -1.30. The van der Waals surface area contributed by atoms with Crippen LogP contribution in [0.3, 0.4) is 0 Å². The number of fused-ring (bicyclic) bond motifs is 5. The summed E-state index contributed by atoms with van der Waals surface area (Å²) in [6.07, 6.45) is 0.667. The third-order valence-corrected chi connectivity index (χ3v) is 11.4. The van der Waals surface area contributed by atoms with Crippen molar-refractivity contribution in [2.75, 3.05) is 5.88 Å². The molecule has 0 radical (unpaired) electrons. The van der Waals surface area contributed by atoms with E-state index < -0.39 is 47.2 Å². The molecular formula is C26H21Br2Cl2FN2O4. The summed E-state index contributed by atoms with van der Waals surface area (Å²) in [7, 11) is 0. The van der Waals surface area contributed by atoms with Crippen LogP contribution in [0.15, 0.2) is 48.5 Å². The Balaban J connectivity index is 1.61. The van der Waals surface area contributed by atoms with Crippen LogP contribution < -0.4 is 0 Å². The molecule has 7 atom stereocenters. The molecule has 5 rings (SSSR count). The normalized spacial score (nSPS) is 28.9. The largest absolute Gasteiger partial charge is 0.292 e. The predicted molar refractivity (Wildman–Crippen MR) is 143 cm³/mol. The highest BCUT2D eigenvalue weighted by atomic mass is 79.9. The van der Waals surface area contributed by atoms with E-state index in [0.29, 0.717) is 6.42 Å². The zero-order valence-electron chi connectivity index (χ0n) is 19.2. The molecule has 2 saturated carbocycles. The van der Waals surface area contributed by atoms with Crippen molar-refractivity contribution >= 4 is 78.6 Å². The van der Waals surface area contributed by atoms with E-state index in [1.165, 1.54) is 24.3 Å². The van der Waals surface area contributed by atoms with E-state index in [4.69, 9.17) is 23.2 Å². The summed E-state index contributed by atoms with van der Waals surface area (Å²) >= 11 is 19.7. The van der Waals surface area contributed by atoms with E-state index in [2.05, 4.69) is 31.9 Å². The summed E-state index contributed by atoms with van der Waals surface area (Å²) in [4.78, 5) is 55.4. The molecule has 6 nitrogen and oxygen atoms in total. The molecule has 11 heteroatoms. The van der Waals surface area contributed by atoms with E-state index in [-0.39, 0.29) is 49.9 Å². The zero-order chi connectivity index (χ0) is 26.6. The minimum Gasteiger partial charge on any atom is -0.292 e. The molecule has 0 unspecified atom stereocenters. The second-order valence-electron chi connectivity index (χ2n) is 9.49. The summed E-state index contributed by atoms with van der Waals surface area (Å²) in [5.41, 5.74) is 0.155. The number of rotatable bonds is 7. The molecule has 3 amide bonds. The number of alkyl halides is 3. The maximum Gasteiger partial charge on any atom is 0.275 e. The van der Waals surface area contributed by atoms with Gasteiger partial charge in [-0.25, -0.2) is 9.40 Å². The standard InChI is InChI=1S/C26H21Br2Cl2FN2O4/c27-21-15-11-16(22(21)28)20-19(15)25(36)33(26(20)37)32(24(35)14-3-1-2-4-17(14)30)18(9-10-29)23(34)12-5-7-13(31)8-6-12/h1-8,15-16,18-22H,9-11H2/t15-,16-,18+,19-,20+,21-,22+/m1/s1. The fourth-order valence-electron chi connectivity index (χ4n) is 5.95. The van der Waals surface area contributed by atoms with Crippen LogP contribution in [0.4, 0.5) is 4.39 Å². The van der Waals surface area contributed by atoms with Crippen molar-refractivity contribution < 1.29 is 23.6 Å². The number of imide groups is 1. The lowest BCUT2D eigenvalue weighted by Gasteiger charge is -2.37. The molecule has 3 aliphatic rings. The Labute approximate surface area is 239 Å². The Bertz CT molecular complexity index is 1250. The molecule has 0 aromatic heterocycles. The van der Waals surface area contributed by atoms with Gasteiger partial charge >= 0.3 is 0 Å². The molecule has 37 heavy (non-hydrogen) atoms. The van der Waals surface area contributed by atoms with Crippen molar-refractivity contribution in [2.24, 2.45) is 23.7 Å². The van der Waals surface area contributed by atoms with Crippen molar-refractivity contribution in [2.45, 2.75) is 28.5 Å². The summed E-state index contributed by atoms with van der Waals surface area (Å²) in [6, 6.07) is 9.78. The van der Waals surface area contributed by atoms with Crippen LogP contribution in [0.1, 0.15) is 33.6 Å². The van der Waals surface area contributed by atoms with Gasteiger partial charge in [0.25, 0.3) is 17.7 Å². The van der Waals surface area contributed by atoms with Crippen LogP contribution in [0, 0.1) is 29.5 Å². The van der Waals surface area contributed by atoms with Gasteiger partial charge in [-0.3, -0.25) is 19.2 Å². The lowest BCUT2D eigenvalue weighted by atomic mass is 9.81. The topological polar surface area (TPSA) is 74.8 Å². The molecular weight excluding hydrogens is 654 g/mol. The summed E-state index contributed by atoms with van der Waals surface area (Å²) < 4.78 is 13.6. The molecule has 0 N–H and O–H groups in total. The van der Waals surface area contributed by atoms with E-state index in [1.807, 2.05) is 0 Å². The van der Waals surface area contributed by atoms with Gasteiger partial charge in [0.2, 0.25) is 0 Å². The first kappa shape index (κ1) is 26.8. The monoisotopic (exact) mass is 672 g/mol. The molecule has 2 bridgehead atoms. The highest BCUT2D eigenvalue weighted by Crippen LogP contribution is 2.60. The van der Waals surface area contributed by atoms with Crippen molar-refractivity contribution in [1.29, 1.82) is 0 Å². The summed E-state index contributed by atoms with van der Waals surface area (Å²) in [5, 5.41) is 1.89. The van der Waals surface area contributed by atoms with Gasteiger partial charge in [-0.05, 0) is 61.1 Å². The van der Waals surface area contributed by atoms with Gasteiger partial charge < -0.3 is 0 Å². The number of hydrogen-bond donors (Lipinski definition) is 0. The SMILES string of the molecule is O=C(c1ccc(F)cc1)[C@H](CCCl)N(C(=O)c1ccccc1Cl)N1C(=O)[C@@H]2[C@H]3C[C@@H]([C@H](Br)[C@@H]3Br)[C@@H]2C1=O. The van der Waals surface area contributed by atoms with Crippen LogP contribution in [0.2, 0.25) is 5.02 Å². The number of Topliss-reactive ketones (excluding diaryl/α,β-unsaturated/α-hetero) is 1. The Hall–Kier alpha value is -1.81. The number of ketones is 1. The number of hydrogen-bond acceptors (Lipinski definition) is 4. The number of carbonyl (C=O) groups excluding carboxylic acids is 4. The summed E-state index contributed by atoms with van der Waals surface area (Å²) in [6.45, 7) is 0.